The highest BCUT2D eigenvalue weighted by atomic mass is 31.0. The van der Waals surface area contributed by atoms with Crippen LogP contribution in [0.2, 0.25) is 0 Å². The fourth-order valence-corrected chi connectivity index (χ4v) is 3.87. The molecule has 4 rings (SSSR count). The highest BCUT2D eigenvalue weighted by molar-refractivity contribution is 7.27. The monoisotopic (exact) mass is 472 g/mol. The van der Waals surface area contributed by atoms with Gasteiger partial charge in [0, 0.05) is 10.9 Å². The van der Waals surface area contributed by atoms with Crippen molar-refractivity contribution in [2.75, 3.05) is 11.9 Å². The van der Waals surface area contributed by atoms with E-state index in [-0.39, 0.29) is 27.8 Å². The number of rotatable bonds is 6. The predicted molar refractivity (Wildman–Crippen MR) is 133 cm³/mol. The molecule has 170 valence electrons. The molecule has 1 heterocycles. The molecule has 0 spiro atoms. The lowest BCUT2D eigenvalue weighted by atomic mass is 10.1. The zero-order valence-electron chi connectivity index (χ0n) is 18.3. The number of hydrogen-bond acceptors (Lipinski definition) is 6. The van der Waals surface area contributed by atoms with Crippen molar-refractivity contribution < 1.29 is 14.6 Å². The molecule has 0 aliphatic rings. The third kappa shape index (κ3) is 4.61. The summed E-state index contributed by atoms with van der Waals surface area (Å²) in [5.41, 5.74) is 1.50. The summed E-state index contributed by atoms with van der Waals surface area (Å²) in [5, 5.41) is 22.5. The lowest BCUT2D eigenvalue weighted by molar-refractivity contribution is 0.102. The van der Waals surface area contributed by atoms with Gasteiger partial charge in [0.1, 0.15) is 17.6 Å². The van der Waals surface area contributed by atoms with Crippen LogP contribution in [0.15, 0.2) is 65.7 Å². The summed E-state index contributed by atoms with van der Waals surface area (Å²) in [4.78, 5) is 30.6. The number of fused-ring (bicyclic) bond motifs is 1. The van der Waals surface area contributed by atoms with Crippen LogP contribution in [0.3, 0.4) is 0 Å². The van der Waals surface area contributed by atoms with E-state index in [1.807, 2.05) is 37.3 Å². The van der Waals surface area contributed by atoms with Gasteiger partial charge in [-0.3, -0.25) is 14.2 Å². The van der Waals surface area contributed by atoms with E-state index in [9.17, 15) is 20.0 Å². The van der Waals surface area contributed by atoms with Gasteiger partial charge in [-0.05, 0) is 48.9 Å². The normalized spacial score (nSPS) is 10.6. The largest absolute Gasteiger partial charge is 0.506 e. The summed E-state index contributed by atoms with van der Waals surface area (Å²) in [6, 6.07) is 17.1. The first kappa shape index (κ1) is 23.0. The second-order valence-corrected chi connectivity index (χ2v) is 8.10. The van der Waals surface area contributed by atoms with E-state index < -0.39 is 5.91 Å². The summed E-state index contributed by atoms with van der Waals surface area (Å²) in [6.07, 6.45) is 1.48. The van der Waals surface area contributed by atoms with E-state index in [0.717, 1.165) is 11.3 Å². The van der Waals surface area contributed by atoms with Crippen molar-refractivity contribution in [1.82, 2.24) is 9.55 Å². The molecule has 1 atom stereocenters. The molecule has 0 saturated carbocycles. The minimum atomic E-state index is -0.519. The Morgan fingerprint density at radius 1 is 1.24 bits per heavy atom. The molecule has 1 aromatic heterocycles. The SMILES string of the molecule is CCOc1ccc(Cn2cnc3cccc(NC(=O)c4cc(P)c(O)c(C#N)c4)c3c2=O)cc1. The van der Waals surface area contributed by atoms with Crippen LogP contribution >= 0.6 is 9.24 Å². The van der Waals surface area contributed by atoms with Gasteiger partial charge in [0.05, 0.1) is 41.6 Å². The summed E-state index contributed by atoms with van der Waals surface area (Å²) in [6.45, 7) is 2.79. The van der Waals surface area contributed by atoms with Crippen molar-refractivity contribution in [1.29, 1.82) is 5.26 Å². The number of carbonyl (C=O) groups excluding carboxylic acids is 1. The van der Waals surface area contributed by atoms with Crippen LogP contribution in [-0.4, -0.2) is 27.2 Å². The molecule has 0 saturated heterocycles. The molecule has 0 radical (unpaired) electrons. The van der Waals surface area contributed by atoms with Gasteiger partial charge in [-0.15, -0.1) is 9.24 Å². The average Bonchev–Trinajstić information content (AvgIpc) is 2.84. The second kappa shape index (κ2) is 9.74. The molecule has 1 amide bonds. The highest BCUT2D eigenvalue weighted by Gasteiger charge is 2.16. The van der Waals surface area contributed by atoms with Crippen molar-refractivity contribution in [3.63, 3.8) is 0 Å². The van der Waals surface area contributed by atoms with Gasteiger partial charge < -0.3 is 15.2 Å². The zero-order chi connectivity index (χ0) is 24.2. The Labute approximate surface area is 197 Å². The van der Waals surface area contributed by atoms with Crippen molar-refractivity contribution >= 4 is 37.0 Å². The second-order valence-electron chi connectivity index (χ2n) is 7.48. The van der Waals surface area contributed by atoms with Gasteiger partial charge in [0.25, 0.3) is 11.5 Å². The molecule has 0 aliphatic carbocycles. The number of amides is 1. The number of hydrogen-bond donors (Lipinski definition) is 2. The number of nitrogens with one attached hydrogen (secondary N) is 1. The molecular weight excluding hydrogens is 451 g/mol. The van der Waals surface area contributed by atoms with Crippen molar-refractivity contribution in [2.24, 2.45) is 0 Å². The zero-order valence-corrected chi connectivity index (χ0v) is 19.4. The number of nitriles is 1. The highest BCUT2D eigenvalue weighted by Crippen LogP contribution is 2.22. The molecule has 3 aromatic carbocycles. The first-order chi connectivity index (χ1) is 16.4. The minimum Gasteiger partial charge on any atom is -0.506 e. The molecule has 1 unspecified atom stereocenters. The quantitative estimate of drug-likeness (QED) is 0.417. The van der Waals surface area contributed by atoms with E-state index in [2.05, 4.69) is 19.5 Å². The first-order valence-electron chi connectivity index (χ1n) is 10.4. The Kier molecular flexibility index (Phi) is 6.58. The van der Waals surface area contributed by atoms with Gasteiger partial charge in [-0.1, -0.05) is 18.2 Å². The molecular formula is C25H21N4O4P. The first-order valence-corrected chi connectivity index (χ1v) is 11.0. The van der Waals surface area contributed by atoms with Crippen LogP contribution in [-0.2, 0) is 6.54 Å². The Morgan fingerprint density at radius 2 is 2.00 bits per heavy atom. The Bertz CT molecular complexity index is 1490. The number of benzene rings is 3. The number of aromatic nitrogens is 2. The molecule has 0 bridgehead atoms. The number of phenols is 1. The van der Waals surface area contributed by atoms with E-state index in [1.54, 1.807) is 18.2 Å². The van der Waals surface area contributed by atoms with Crippen LogP contribution < -0.4 is 20.9 Å². The van der Waals surface area contributed by atoms with Gasteiger partial charge in [-0.25, -0.2) is 4.98 Å². The van der Waals surface area contributed by atoms with Crippen LogP contribution in [0.1, 0.15) is 28.4 Å². The molecule has 0 aliphatic heterocycles. The number of carbonyl (C=O) groups is 1. The summed E-state index contributed by atoms with van der Waals surface area (Å²) in [7, 11) is 2.29. The number of aromatic hydroxyl groups is 1. The third-order valence-corrected chi connectivity index (χ3v) is 5.65. The van der Waals surface area contributed by atoms with E-state index in [0.29, 0.717) is 29.7 Å². The molecule has 8 nitrogen and oxygen atoms in total. The summed E-state index contributed by atoms with van der Waals surface area (Å²) in [5.74, 6) is 0.0345. The van der Waals surface area contributed by atoms with Gasteiger partial charge in [0.2, 0.25) is 0 Å². The van der Waals surface area contributed by atoms with Crippen molar-refractivity contribution in [3.8, 4) is 17.6 Å². The smallest absolute Gasteiger partial charge is 0.263 e. The van der Waals surface area contributed by atoms with Crippen LogP contribution in [0.5, 0.6) is 11.5 Å². The van der Waals surface area contributed by atoms with Crippen LogP contribution in [0.25, 0.3) is 10.9 Å². The lowest BCUT2D eigenvalue weighted by Gasteiger charge is -2.12. The van der Waals surface area contributed by atoms with Crippen LogP contribution in [0.4, 0.5) is 5.69 Å². The van der Waals surface area contributed by atoms with Gasteiger partial charge in [0.15, 0.2) is 0 Å². The third-order valence-electron chi connectivity index (χ3n) is 5.21. The molecule has 2 N–H and O–H groups in total. The number of ether oxygens (including phenoxy) is 1. The van der Waals surface area contributed by atoms with Gasteiger partial charge >= 0.3 is 0 Å². The number of nitrogens with zero attached hydrogens (tertiary/aromatic N) is 3. The van der Waals surface area contributed by atoms with Crippen LogP contribution in [0, 0.1) is 11.3 Å². The summed E-state index contributed by atoms with van der Waals surface area (Å²) < 4.78 is 6.93. The standard InChI is InChI=1S/C25H21N4O4P/c1-2-33-18-8-6-15(7-9-18)13-29-14-27-19-4-3-5-20(22(19)25(29)32)28-24(31)16-10-17(12-26)23(30)21(34)11-16/h3-11,14,30H,2,13,34H2,1H3,(H,28,31). The Morgan fingerprint density at radius 3 is 2.71 bits per heavy atom. The topological polar surface area (TPSA) is 117 Å². The molecule has 9 heteroatoms. The van der Waals surface area contributed by atoms with E-state index in [1.165, 1.54) is 23.0 Å². The molecule has 34 heavy (non-hydrogen) atoms. The minimum absolute atomic E-state index is 0.0186. The summed E-state index contributed by atoms with van der Waals surface area (Å²) >= 11 is 0. The molecule has 0 fully saturated rings. The van der Waals surface area contributed by atoms with E-state index in [4.69, 9.17) is 4.74 Å². The maximum absolute atomic E-state index is 13.3. The fraction of sp³-hybridized carbons (Fsp3) is 0.120. The van der Waals surface area contributed by atoms with Gasteiger partial charge in [-0.2, -0.15) is 5.26 Å². The predicted octanol–water partition coefficient (Wildman–Crippen LogP) is 3.17. The molecule has 4 aromatic rings. The van der Waals surface area contributed by atoms with Crippen molar-refractivity contribution in [3.05, 3.63) is 88.0 Å². The number of anilines is 1. The Balaban J connectivity index is 1.68. The average molecular weight is 472 g/mol. The maximum atomic E-state index is 13.3. The Hall–Kier alpha value is -4.21. The van der Waals surface area contributed by atoms with E-state index >= 15 is 0 Å². The number of phenolic OH excluding ortho intramolecular Hbond substituents is 1. The van der Waals surface area contributed by atoms with Crippen molar-refractivity contribution in [2.45, 2.75) is 13.5 Å². The maximum Gasteiger partial charge on any atom is 0.263 e. The lowest BCUT2D eigenvalue weighted by Crippen LogP contribution is -2.23. The fourth-order valence-electron chi connectivity index (χ4n) is 3.54.